The van der Waals surface area contributed by atoms with Gasteiger partial charge in [-0.25, -0.2) is 0 Å². The number of carbonyl (C=O) groups is 1. The third-order valence-corrected chi connectivity index (χ3v) is 2.47. The summed E-state index contributed by atoms with van der Waals surface area (Å²) in [4.78, 5) is 11.5. The van der Waals surface area contributed by atoms with E-state index < -0.39 is 0 Å². The number of rotatable bonds is 6. The minimum Gasteiger partial charge on any atom is -0.399 e. The first kappa shape index (κ1) is 13.5. The predicted molar refractivity (Wildman–Crippen MR) is 68.5 cm³/mol. The molecule has 1 aromatic rings. The number of nitrogens with one attached hydrogen (secondary N) is 1. The average molecular weight is 236 g/mol. The highest BCUT2D eigenvalue weighted by Gasteiger charge is 2.03. The van der Waals surface area contributed by atoms with Gasteiger partial charge in [0.1, 0.15) is 0 Å². The zero-order chi connectivity index (χ0) is 12.7. The molecule has 4 nitrogen and oxygen atoms in total. The van der Waals surface area contributed by atoms with E-state index in [0.717, 1.165) is 12.0 Å². The molecule has 1 rings (SSSR count). The van der Waals surface area contributed by atoms with Gasteiger partial charge < -0.3 is 16.2 Å². The number of hydrogen-bond donors (Lipinski definition) is 3. The minimum absolute atomic E-state index is 0.000337. The third kappa shape index (κ3) is 5.92. The molecule has 0 spiro atoms. The second-order valence-electron chi connectivity index (χ2n) is 4.26. The van der Waals surface area contributed by atoms with Crippen LogP contribution in [0.3, 0.4) is 0 Å². The van der Waals surface area contributed by atoms with Gasteiger partial charge >= 0.3 is 0 Å². The van der Waals surface area contributed by atoms with Crippen LogP contribution in [0.2, 0.25) is 0 Å². The SMILES string of the molecule is CC(O)CCCNC(=O)Cc1ccc(N)cc1. The van der Waals surface area contributed by atoms with Crippen LogP contribution in [0, 0.1) is 0 Å². The summed E-state index contributed by atoms with van der Waals surface area (Å²) >= 11 is 0. The molecule has 1 aromatic carbocycles. The highest BCUT2D eigenvalue weighted by molar-refractivity contribution is 5.78. The van der Waals surface area contributed by atoms with Crippen molar-refractivity contribution < 1.29 is 9.90 Å². The molecule has 0 bridgehead atoms. The average Bonchev–Trinajstić information content (AvgIpc) is 2.27. The van der Waals surface area contributed by atoms with Crippen LogP contribution in [0.25, 0.3) is 0 Å². The Labute approximate surface area is 102 Å². The summed E-state index contributed by atoms with van der Waals surface area (Å²) in [6.45, 7) is 2.36. The predicted octanol–water partition coefficient (Wildman–Crippen LogP) is 1.09. The second kappa shape index (κ2) is 6.91. The van der Waals surface area contributed by atoms with Crippen molar-refractivity contribution in [2.45, 2.75) is 32.3 Å². The van der Waals surface area contributed by atoms with Crippen molar-refractivity contribution in [3.05, 3.63) is 29.8 Å². The van der Waals surface area contributed by atoms with E-state index in [1.54, 1.807) is 19.1 Å². The molecule has 0 saturated carbocycles. The topological polar surface area (TPSA) is 75.3 Å². The quantitative estimate of drug-likeness (QED) is 0.511. The Bertz CT molecular complexity index is 347. The molecule has 0 aromatic heterocycles. The lowest BCUT2D eigenvalue weighted by Crippen LogP contribution is -2.26. The van der Waals surface area contributed by atoms with Crippen LogP contribution in [-0.4, -0.2) is 23.7 Å². The molecule has 0 aliphatic carbocycles. The van der Waals surface area contributed by atoms with Crippen LogP contribution >= 0.6 is 0 Å². The molecule has 0 saturated heterocycles. The van der Waals surface area contributed by atoms with E-state index in [1.165, 1.54) is 0 Å². The van der Waals surface area contributed by atoms with Crippen molar-refractivity contribution >= 4 is 11.6 Å². The minimum atomic E-state index is -0.302. The van der Waals surface area contributed by atoms with Gasteiger partial charge in [0.25, 0.3) is 0 Å². The van der Waals surface area contributed by atoms with E-state index in [4.69, 9.17) is 10.8 Å². The maximum Gasteiger partial charge on any atom is 0.224 e. The van der Waals surface area contributed by atoms with Crippen molar-refractivity contribution in [2.24, 2.45) is 0 Å². The number of nitrogen functional groups attached to an aromatic ring is 1. The fraction of sp³-hybridized carbons (Fsp3) is 0.462. The Morgan fingerprint density at radius 3 is 2.65 bits per heavy atom. The van der Waals surface area contributed by atoms with Gasteiger partial charge in [-0.3, -0.25) is 4.79 Å². The Hall–Kier alpha value is -1.55. The van der Waals surface area contributed by atoms with Gasteiger partial charge in [0.05, 0.1) is 12.5 Å². The lowest BCUT2D eigenvalue weighted by Gasteiger charge is -2.06. The van der Waals surface area contributed by atoms with Crippen LogP contribution in [0.4, 0.5) is 5.69 Å². The standard InChI is InChI=1S/C13H20N2O2/c1-10(16)3-2-8-15-13(17)9-11-4-6-12(14)7-5-11/h4-7,10,16H,2-3,8-9,14H2,1H3,(H,15,17). The van der Waals surface area contributed by atoms with Crippen LogP contribution in [0.5, 0.6) is 0 Å². The summed E-state index contributed by atoms with van der Waals surface area (Å²) < 4.78 is 0. The van der Waals surface area contributed by atoms with Gasteiger partial charge in [0, 0.05) is 12.2 Å². The first-order valence-corrected chi connectivity index (χ1v) is 5.87. The molecule has 1 amide bonds. The van der Waals surface area contributed by atoms with E-state index in [9.17, 15) is 4.79 Å². The lowest BCUT2D eigenvalue weighted by molar-refractivity contribution is -0.120. The number of carbonyl (C=O) groups excluding carboxylic acids is 1. The van der Waals surface area contributed by atoms with Crippen molar-refractivity contribution in [1.82, 2.24) is 5.32 Å². The molecule has 0 radical (unpaired) electrons. The largest absolute Gasteiger partial charge is 0.399 e. The van der Waals surface area contributed by atoms with E-state index in [2.05, 4.69) is 5.32 Å². The van der Waals surface area contributed by atoms with Gasteiger partial charge in [-0.05, 0) is 37.5 Å². The van der Waals surface area contributed by atoms with Crippen molar-refractivity contribution in [2.75, 3.05) is 12.3 Å². The first-order valence-electron chi connectivity index (χ1n) is 5.87. The van der Waals surface area contributed by atoms with Crippen LogP contribution in [0.1, 0.15) is 25.3 Å². The van der Waals surface area contributed by atoms with Gasteiger partial charge in [-0.1, -0.05) is 12.1 Å². The fourth-order valence-corrected chi connectivity index (χ4v) is 1.51. The van der Waals surface area contributed by atoms with Crippen molar-refractivity contribution in [3.8, 4) is 0 Å². The van der Waals surface area contributed by atoms with E-state index in [0.29, 0.717) is 25.1 Å². The summed E-state index contributed by atoms with van der Waals surface area (Å²) in [5, 5.41) is 11.9. The third-order valence-electron chi connectivity index (χ3n) is 2.47. The van der Waals surface area contributed by atoms with Crippen molar-refractivity contribution in [1.29, 1.82) is 0 Å². The number of benzene rings is 1. The molecule has 0 aliphatic rings. The Morgan fingerprint density at radius 2 is 2.06 bits per heavy atom. The molecule has 94 valence electrons. The highest BCUT2D eigenvalue weighted by atomic mass is 16.3. The molecule has 0 aliphatic heterocycles. The summed E-state index contributed by atoms with van der Waals surface area (Å²) in [6.07, 6.45) is 1.58. The van der Waals surface area contributed by atoms with E-state index >= 15 is 0 Å². The Kier molecular flexibility index (Phi) is 5.49. The smallest absolute Gasteiger partial charge is 0.224 e. The number of anilines is 1. The second-order valence-corrected chi connectivity index (χ2v) is 4.26. The monoisotopic (exact) mass is 236 g/mol. The highest BCUT2D eigenvalue weighted by Crippen LogP contribution is 2.05. The number of aliphatic hydroxyl groups is 1. The molecule has 4 heteroatoms. The molecule has 0 fully saturated rings. The molecular formula is C13H20N2O2. The molecule has 4 N–H and O–H groups in total. The maximum atomic E-state index is 11.5. The summed E-state index contributed by atoms with van der Waals surface area (Å²) in [7, 11) is 0. The summed E-state index contributed by atoms with van der Waals surface area (Å²) in [5.74, 6) is 0.000337. The molecular weight excluding hydrogens is 216 g/mol. The maximum absolute atomic E-state index is 11.5. The van der Waals surface area contributed by atoms with E-state index in [1.807, 2.05) is 12.1 Å². The number of hydrogen-bond acceptors (Lipinski definition) is 3. The van der Waals surface area contributed by atoms with Crippen molar-refractivity contribution in [3.63, 3.8) is 0 Å². The van der Waals surface area contributed by atoms with Gasteiger partial charge in [-0.2, -0.15) is 0 Å². The lowest BCUT2D eigenvalue weighted by atomic mass is 10.1. The van der Waals surface area contributed by atoms with Crippen LogP contribution < -0.4 is 11.1 Å². The number of amides is 1. The summed E-state index contributed by atoms with van der Waals surface area (Å²) in [5.41, 5.74) is 7.21. The van der Waals surface area contributed by atoms with Crippen LogP contribution in [-0.2, 0) is 11.2 Å². The Morgan fingerprint density at radius 1 is 1.41 bits per heavy atom. The summed E-state index contributed by atoms with van der Waals surface area (Å²) in [6, 6.07) is 7.28. The molecule has 0 heterocycles. The van der Waals surface area contributed by atoms with Crippen LogP contribution in [0.15, 0.2) is 24.3 Å². The number of nitrogens with two attached hydrogens (primary N) is 1. The molecule has 1 atom stereocenters. The molecule has 17 heavy (non-hydrogen) atoms. The van der Waals surface area contributed by atoms with Gasteiger partial charge in [0.2, 0.25) is 5.91 Å². The normalized spacial score (nSPS) is 12.1. The number of aliphatic hydroxyl groups excluding tert-OH is 1. The first-order chi connectivity index (χ1) is 8.08. The molecule has 1 unspecified atom stereocenters. The fourth-order valence-electron chi connectivity index (χ4n) is 1.51. The zero-order valence-corrected chi connectivity index (χ0v) is 10.1. The van der Waals surface area contributed by atoms with Gasteiger partial charge in [0.15, 0.2) is 0 Å². The zero-order valence-electron chi connectivity index (χ0n) is 10.1. The van der Waals surface area contributed by atoms with Gasteiger partial charge in [-0.15, -0.1) is 0 Å². The Balaban J connectivity index is 2.23. The van der Waals surface area contributed by atoms with E-state index in [-0.39, 0.29) is 12.0 Å².